The van der Waals surface area contributed by atoms with Crippen molar-refractivity contribution in [3.63, 3.8) is 0 Å². The number of anilines is 1. The van der Waals surface area contributed by atoms with Crippen LogP contribution in [0, 0.1) is 0 Å². The number of carbonyl (C=O) groups is 2. The van der Waals surface area contributed by atoms with E-state index < -0.39 is 17.8 Å². The van der Waals surface area contributed by atoms with Gasteiger partial charge in [0, 0.05) is 6.42 Å². The molecule has 0 saturated heterocycles. The molecular formula is C45H57N3O6. The number of aliphatic imine (C=N–C) groups is 1. The maximum Gasteiger partial charge on any atom is 0.413 e. The van der Waals surface area contributed by atoms with E-state index in [1.54, 1.807) is 6.92 Å². The molecule has 9 nitrogen and oxygen atoms in total. The number of benzene rings is 4. The summed E-state index contributed by atoms with van der Waals surface area (Å²) in [7, 11) is 0. The molecule has 288 valence electrons. The molecule has 0 aliphatic carbocycles. The molecule has 0 bridgehead atoms. The summed E-state index contributed by atoms with van der Waals surface area (Å²) in [6.07, 6.45) is 4.24. The highest BCUT2D eigenvalue weighted by atomic mass is 16.6. The van der Waals surface area contributed by atoms with Crippen LogP contribution in [0.3, 0.4) is 0 Å². The molecule has 1 aliphatic heterocycles. The minimum Gasteiger partial charge on any atom is -0.493 e. The zero-order valence-corrected chi connectivity index (χ0v) is 33.4. The van der Waals surface area contributed by atoms with Crippen molar-refractivity contribution in [2.45, 2.75) is 112 Å². The molecule has 5 rings (SSSR count). The molecule has 54 heavy (non-hydrogen) atoms. The van der Waals surface area contributed by atoms with Crippen molar-refractivity contribution in [1.82, 2.24) is 5.32 Å². The Hall–Kier alpha value is -5.31. The van der Waals surface area contributed by atoms with E-state index in [1.165, 1.54) is 16.3 Å². The zero-order chi connectivity index (χ0) is 39.3. The third kappa shape index (κ3) is 13.3. The standard InChI is InChI=1S/C30H29NO3.C15H28N2O3/c1-2-7-22-13-16-26(17-14-22)33-19-18-29-30(32)31(27-10-5-6-11-28(27)34-29)21-23-12-15-24-8-3-4-9-25(24)20-23;1-9-10-12(19-14(3,4)5)16-11(2)17-13(18)20-15(6,7)8/h3-6,8-17,20,29H,2,7,18-19,21H2,1H3;10H,9H2,1-8H3,(H,16,17,18). The van der Waals surface area contributed by atoms with Gasteiger partial charge in [-0.05, 0) is 120 Å². The van der Waals surface area contributed by atoms with Gasteiger partial charge in [0.05, 0.1) is 18.8 Å². The lowest BCUT2D eigenvalue weighted by Crippen LogP contribution is -2.46. The van der Waals surface area contributed by atoms with Crippen LogP contribution in [0.5, 0.6) is 11.5 Å². The Labute approximate surface area is 321 Å². The number of para-hydroxylation sites is 2. The molecule has 4 aromatic rings. The van der Waals surface area contributed by atoms with Crippen LogP contribution in [0.4, 0.5) is 10.5 Å². The van der Waals surface area contributed by atoms with Crippen LogP contribution in [0.25, 0.3) is 10.8 Å². The largest absolute Gasteiger partial charge is 0.493 e. The molecular weight excluding hydrogens is 679 g/mol. The molecule has 1 aliphatic rings. The van der Waals surface area contributed by atoms with Crippen LogP contribution < -0.4 is 19.7 Å². The number of amidine groups is 1. The Kier molecular flexibility index (Phi) is 14.7. The number of carbonyl (C=O) groups excluding carboxylic acids is 2. The lowest BCUT2D eigenvalue weighted by molar-refractivity contribution is -0.127. The monoisotopic (exact) mass is 735 g/mol. The van der Waals surface area contributed by atoms with Crippen molar-refractivity contribution in [3.8, 4) is 11.5 Å². The highest BCUT2D eigenvalue weighted by molar-refractivity contribution is 6.00. The average Bonchev–Trinajstić information content (AvgIpc) is 3.09. The minimum atomic E-state index is -0.574. The van der Waals surface area contributed by atoms with E-state index in [0.29, 0.717) is 31.3 Å². The normalized spacial score (nSPS) is 14.7. The van der Waals surface area contributed by atoms with Crippen molar-refractivity contribution in [1.29, 1.82) is 0 Å². The van der Waals surface area contributed by atoms with Gasteiger partial charge in [0.1, 0.15) is 28.5 Å². The Morgan fingerprint density at radius 3 is 2.17 bits per heavy atom. The van der Waals surface area contributed by atoms with Crippen molar-refractivity contribution in [2.24, 2.45) is 4.99 Å². The first-order valence-corrected chi connectivity index (χ1v) is 18.8. The van der Waals surface area contributed by atoms with Crippen molar-refractivity contribution in [2.75, 3.05) is 11.5 Å². The van der Waals surface area contributed by atoms with E-state index in [0.717, 1.165) is 42.0 Å². The fourth-order valence-corrected chi connectivity index (χ4v) is 5.71. The van der Waals surface area contributed by atoms with E-state index in [4.69, 9.17) is 18.9 Å². The summed E-state index contributed by atoms with van der Waals surface area (Å²) in [6, 6.07) is 30.6. The summed E-state index contributed by atoms with van der Waals surface area (Å²) < 4.78 is 22.9. The number of allylic oxidation sites excluding steroid dienone is 1. The summed E-state index contributed by atoms with van der Waals surface area (Å²) in [6.45, 7) is 18.0. The highest BCUT2D eigenvalue weighted by Gasteiger charge is 2.34. The Morgan fingerprint density at radius 1 is 0.852 bits per heavy atom. The van der Waals surface area contributed by atoms with Crippen molar-refractivity contribution < 1.29 is 28.5 Å². The molecule has 1 atom stereocenters. The lowest BCUT2D eigenvalue weighted by atomic mass is 10.1. The summed E-state index contributed by atoms with van der Waals surface area (Å²) in [4.78, 5) is 31.2. The fourth-order valence-electron chi connectivity index (χ4n) is 5.71. The quantitative estimate of drug-likeness (QED) is 0.0935. The number of hydrogen-bond donors (Lipinski definition) is 1. The number of hydrogen-bond acceptors (Lipinski definition) is 7. The molecule has 0 fully saturated rings. The third-order valence-corrected chi connectivity index (χ3v) is 7.98. The van der Waals surface area contributed by atoms with Gasteiger partial charge in [-0.1, -0.05) is 80.9 Å². The van der Waals surface area contributed by atoms with Crippen LogP contribution >= 0.6 is 0 Å². The summed E-state index contributed by atoms with van der Waals surface area (Å²) in [5.74, 6) is 2.44. The van der Waals surface area contributed by atoms with Crippen LogP contribution in [0.15, 0.2) is 108 Å². The van der Waals surface area contributed by atoms with E-state index in [9.17, 15) is 9.59 Å². The second-order valence-electron chi connectivity index (χ2n) is 15.2. The molecule has 4 aromatic carbocycles. The molecule has 1 unspecified atom stereocenters. The molecule has 9 heteroatoms. The average molecular weight is 736 g/mol. The topological polar surface area (TPSA) is 98.7 Å². The van der Waals surface area contributed by atoms with E-state index in [-0.39, 0.29) is 11.5 Å². The van der Waals surface area contributed by atoms with E-state index >= 15 is 0 Å². The van der Waals surface area contributed by atoms with E-state index in [1.807, 2.05) is 108 Å². The minimum absolute atomic E-state index is 0.0336. The van der Waals surface area contributed by atoms with Crippen LogP contribution in [0.2, 0.25) is 0 Å². The highest BCUT2D eigenvalue weighted by Crippen LogP contribution is 2.36. The fraction of sp³-hybridized carbons (Fsp3) is 0.400. The van der Waals surface area contributed by atoms with Crippen molar-refractivity contribution in [3.05, 3.63) is 114 Å². The SMILES string of the molecule is CCC=C(/N=C(/C)NC(=O)OC(C)(C)C)OC(C)(C)C.CCCc1ccc(OCCC2Oc3ccccc3N(Cc3ccc4ccccc4c3)C2=O)cc1. The summed E-state index contributed by atoms with van der Waals surface area (Å²) in [5, 5.41) is 4.94. The second-order valence-corrected chi connectivity index (χ2v) is 15.2. The number of ether oxygens (including phenoxy) is 4. The van der Waals surface area contributed by atoms with Crippen LogP contribution in [-0.4, -0.2) is 41.7 Å². The van der Waals surface area contributed by atoms with Gasteiger partial charge in [-0.3, -0.25) is 10.1 Å². The molecule has 2 amide bonds. The first-order valence-electron chi connectivity index (χ1n) is 18.8. The van der Waals surface area contributed by atoms with Gasteiger partial charge in [-0.25, -0.2) is 9.79 Å². The molecule has 0 radical (unpaired) electrons. The first-order chi connectivity index (χ1) is 25.6. The number of alkyl carbamates (subject to hydrolysis) is 1. The van der Waals surface area contributed by atoms with Gasteiger partial charge < -0.3 is 23.8 Å². The van der Waals surface area contributed by atoms with Gasteiger partial charge in [0.25, 0.3) is 5.91 Å². The molecule has 1 N–H and O–H groups in total. The second kappa shape index (κ2) is 19.1. The Balaban J connectivity index is 0.000000280. The predicted molar refractivity (Wildman–Crippen MR) is 218 cm³/mol. The smallest absolute Gasteiger partial charge is 0.413 e. The number of amides is 2. The molecule has 0 saturated carbocycles. The van der Waals surface area contributed by atoms with Gasteiger partial charge in [0.15, 0.2) is 6.10 Å². The van der Waals surface area contributed by atoms with Crippen LogP contribution in [0.1, 0.15) is 92.7 Å². The predicted octanol–water partition coefficient (Wildman–Crippen LogP) is 10.6. The van der Waals surface area contributed by atoms with Crippen molar-refractivity contribution >= 4 is 34.3 Å². The number of aryl methyl sites for hydroxylation is 1. The zero-order valence-electron chi connectivity index (χ0n) is 33.4. The Bertz CT molecular complexity index is 1900. The van der Waals surface area contributed by atoms with Gasteiger partial charge in [-0.15, -0.1) is 0 Å². The summed E-state index contributed by atoms with van der Waals surface area (Å²) >= 11 is 0. The Morgan fingerprint density at radius 2 is 1.50 bits per heavy atom. The molecule has 0 aromatic heterocycles. The van der Waals surface area contributed by atoms with E-state index in [2.05, 4.69) is 59.7 Å². The third-order valence-electron chi connectivity index (χ3n) is 7.98. The molecule has 1 heterocycles. The van der Waals surface area contributed by atoms with Gasteiger partial charge >= 0.3 is 6.09 Å². The van der Waals surface area contributed by atoms with Gasteiger partial charge in [-0.2, -0.15) is 0 Å². The number of nitrogens with zero attached hydrogens (tertiary/aromatic N) is 2. The summed E-state index contributed by atoms with van der Waals surface area (Å²) in [5.41, 5.74) is 2.34. The lowest BCUT2D eigenvalue weighted by Gasteiger charge is -2.34. The first kappa shape index (κ1) is 41.4. The number of fused-ring (bicyclic) bond motifs is 2. The number of rotatable bonds is 11. The maximum atomic E-state index is 13.5. The van der Waals surface area contributed by atoms with Gasteiger partial charge in [0.2, 0.25) is 5.88 Å². The number of nitrogens with one attached hydrogen (secondary N) is 1. The maximum absolute atomic E-state index is 13.5. The molecule has 0 spiro atoms. The van der Waals surface area contributed by atoms with Crippen LogP contribution in [-0.2, 0) is 27.2 Å².